The number of ether oxygens (including phenoxy) is 1. The van der Waals surface area contributed by atoms with E-state index in [0.29, 0.717) is 17.9 Å². The summed E-state index contributed by atoms with van der Waals surface area (Å²) in [7, 11) is 1.73. The Hall–Kier alpha value is -0.0800. The first-order valence-electron chi connectivity index (χ1n) is 8.19. The molecule has 3 saturated carbocycles. The van der Waals surface area contributed by atoms with Crippen LogP contribution in [0.3, 0.4) is 0 Å². The Bertz CT molecular complexity index is 349. The quantitative estimate of drug-likeness (QED) is 0.842. The van der Waals surface area contributed by atoms with Crippen LogP contribution >= 0.6 is 0 Å². The maximum Gasteiger partial charge on any atom is 0.0941 e. The van der Waals surface area contributed by atoms with E-state index in [9.17, 15) is 5.11 Å². The van der Waals surface area contributed by atoms with E-state index in [2.05, 4.69) is 13.8 Å². The molecular formula is C17H30O2. The lowest BCUT2D eigenvalue weighted by atomic mass is 9.56. The zero-order valence-corrected chi connectivity index (χ0v) is 12.9. The van der Waals surface area contributed by atoms with Gasteiger partial charge in [0.1, 0.15) is 0 Å². The highest BCUT2D eigenvalue weighted by Crippen LogP contribution is 2.73. The fourth-order valence-corrected chi connectivity index (χ4v) is 6.11. The van der Waals surface area contributed by atoms with Gasteiger partial charge in [-0.3, -0.25) is 0 Å². The normalized spacial score (nSPS) is 50.8. The van der Waals surface area contributed by atoms with Gasteiger partial charge >= 0.3 is 0 Å². The summed E-state index contributed by atoms with van der Waals surface area (Å²) in [6, 6.07) is 0. The van der Waals surface area contributed by atoms with Crippen molar-refractivity contribution in [1.29, 1.82) is 0 Å². The third kappa shape index (κ3) is 1.62. The summed E-state index contributed by atoms with van der Waals surface area (Å²) in [6.07, 6.45) is 10.4. The number of aliphatic hydroxyl groups is 1. The fourth-order valence-electron chi connectivity index (χ4n) is 6.11. The average molecular weight is 266 g/mol. The van der Waals surface area contributed by atoms with Crippen molar-refractivity contribution in [2.75, 3.05) is 13.7 Å². The van der Waals surface area contributed by atoms with Crippen molar-refractivity contribution in [2.24, 2.45) is 22.7 Å². The first-order valence-corrected chi connectivity index (χ1v) is 8.19. The molecule has 2 nitrogen and oxygen atoms in total. The predicted molar refractivity (Wildman–Crippen MR) is 77.0 cm³/mol. The van der Waals surface area contributed by atoms with E-state index in [1.807, 2.05) is 0 Å². The molecule has 4 unspecified atom stereocenters. The van der Waals surface area contributed by atoms with Gasteiger partial charge < -0.3 is 9.84 Å². The molecule has 110 valence electrons. The minimum atomic E-state index is -0.586. The van der Waals surface area contributed by atoms with Crippen molar-refractivity contribution < 1.29 is 9.84 Å². The van der Waals surface area contributed by atoms with Gasteiger partial charge in [0.25, 0.3) is 0 Å². The van der Waals surface area contributed by atoms with Gasteiger partial charge in [-0.1, -0.05) is 33.1 Å². The summed E-state index contributed by atoms with van der Waals surface area (Å²) in [5.74, 6) is 1.53. The number of fused-ring (bicyclic) bond motifs is 2. The Labute approximate surface area is 117 Å². The van der Waals surface area contributed by atoms with Crippen LogP contribution < -0.4 is 0 Å². The van der Waals surface area contributed by atoms with E-state index in [1.165, 1.54) is 44.9 Å². The molecule has 3 aliphatic rings. The van der Waals surface area contributed by atoms with Crippen LogP contribution in [0.15, 0.2) is 0 Å². The van der Waals surface area contributed by atoms with E-state index in [4.69, 9.17) is 4.74 Å². The van der Waals surface area contributed by atoms with Gasteiger partial charge in [-0.2, -0.15) is 0 Å². The lowest BCUT2D eigenvalue weighted by Gasteiger charge is -2.50. The van der Waals surface area contributed by atoms with Crippen LogP contribution in [0.2, 0.25) is 0 Å². The van der Waals surface area contributed by atoms with Crippen molar-refractivity contribution in [3.05, 3.63) is 0 Å². The molecule has 0 radical (unpaired) electrons. The van der Waals surface area contributed by atoms with Crippen molar-refractivity contribution in [3.63, 3.8) is 0 Å². The zero-order valence-electron chi connectivity index (χ0n) is 12.9. The van der Waals surface area contributed by atoms with Crippen molar-refractivity contribution >= 4 is 0 Å². The molecule has 0 aromatic carbocycles. The molecule has 0 spiro atoms. The minimum absolute atomic E-state index is 0.0582. The second-order valence-corrected chi connectivity index (χ2v) is 7.85. The molecule has 0 amide bonds. The highest BCUT2D eigenvalue weighted by molar-refractivity contribution is 5.20. The number of hydrogen-bond acceptors (Lipinski definition) is 2. The molecule has 1 N–H and O–H groups in total. The van der Waals surface area contributed by atoms with Gasteiger partial charge in [-0.15, -0.1) is 0 Å². The Morgan fingerprint density at radius 1 is 1.05 bits per heavy atom. The van der Waals surface area contributed by atoms with Gasteiger partial charge in [-0.25, -0.2) is 0 Å². The summed E-state index contributed by atoms with van der Waals surface area (Å²) < 4.78 is 5.38. The highest BCUT2D eigenvalue weighted by Gasteiger charge is 2.71. The molecular weight excluding hydrogens is 236 g/mol. The van der Waals surface area contributed by atoms with E-state index in [0.717, 1.165) is 12.3 Å². The van der Waals surface area contributed by atoms with E-state index >= 15 is 0 Å². The second-order valence-electron chi connectivity index (χ2n) is 7.85. The molecule has 3 rings (SSSR count). The van der Waals surface area contributed by atoms with Crippen LogP contribution in [-0.4, -0.2) is 24.4 Å². The van der Waals surface area contributed by atoms with Crippen molar-refractivity contribution in [1.82, 2.24) is 0 Å². The van der Waals surface area contributed by atoms with Crippen molar-refractivity contribution in [2.45, 2.75) is 70.8 Å². The lowest BCUT2D eigenvalue weighted by molar-refractivity contribution is -0.141. The molecule has 0 heterocycles. The van der Waals surface area contributed by atoms with Crippen LogP contribution in [0.1, 0.15) is 65.2 Å². The molecule has 3 fully saturated rings. The van der Waals surface area contributed by atoms with Crippen LogP contribution in [0.25, 0.3) is 0 Å². The first-order chi connectivity index (χ1) is 8.98. The van der Waals surface area contributed by atoms with Gasteiger partial charge in [0.05, 0.1) is 12.2 Å². The molecule has 4 atom stereocenters. The van der Waals surface area contributed by atoms with Crippen LogP contribution in [0.4, 0.5) is 0 Å². The monoisotopic (exact) mass is 266 g/mol. The van der Waals surface area contributed by atoms with Gasteiger partial charge in [0, 0.05) is 12.5 Å². The SMILES string of the molecule is COCC1(O)CC2CCC1(C)C2(C)C1CCCCC1. The summed E-state index contributed by atoms with van der Waals surface area (Å²) in [5, 5.41) is 11.2. The predicted octanol–water partition coefficient (Wildman–Crippen LogP) is 3.77. The number of methoxy groups -OCH3 is 1. The standard InChI is InChI=1S/C17H30O2/c1-15-10-9-14(11-17(15,18)12-19-3)16(15,2)13-7-5-4-6-8-13/h13-14,18H,4-12H2,1-3H3. The minimum Gasteiger partial charge on any atom is -0.387 e. The Morgan fingerprint density at radius 3 is 2.37 bits per heavy atom. The molecule has 19 heavy (non-hydrogen) atoms. The van der Waals surface area contributed by atoms with E-state index in [-0.39, 0.29) is 5.41 Å². The number of rotatable bonds is 3. The van der Waals surface area contributed by atoms with Gasteiger partial charge in [-0.05, 0) is 49.4 Å². The molecule has 3 aliphatic carbocycles. The molecule has 0 saturated heterocycles. The molecule has 2 bridgehead atoms. The van der Waals surface area contributed by atoms with Crippen LogP contribution in [-0.2, 0) is 4.74 Å². The summed E-state index contributed by atoms with van der Waals surface area (Å²) in [6.45, 7) is 5.37. The third-order valence-electron chi connectivity index (χ3n) is 7.48. The van der Waals surface area contributed by atoms with Gasteiger partial charge in [0.15, 0.2) is 0 Å². The maximum absolute atomic E-state index is 11.2. The summed E-state index contributed by atoms with van der Waals surface area (Å²) in [5.41, 5.74) is -0.194. The van der Waals surface area contributed by atoms with Crippen LogP contribution in [0.5, 0.6) is 0 Å². The zero-order chi connectivity index (χ0) is 13.7. The summed E-state index contributed by atoms with van der Waals surface area (Å²) >= 11 is 0. The molecule has 0 aromatic heterocycles. The third-order valence-corrected chi connectivity index (χ3v) is 7.48. The highest BCUT2D eigenvalue weighted by atomic mass is 16.5. The van der Waals surface area contributed by atoms with E-state index in [1.54, 1.807) is 7.11 Å². The summed E-state index contributed by atoms with van der Waals surface area (Å²) in [4.78, 5) is 0. The van der Waals surface area contributed by atoms with Crippen LogP contribution in [0, 0.1) is 22.7 Å². The Morgan fingerprint density at radius 2 is 1.74 bits per heavy atom. The smallest absolute Gasteiger partial charge is 0.0941 e. The molecule has 0 aliphatic heterocycles. The second kappa shape index (κ2) is 4.46. The largest absolute Gasteiger partial charge is 0.387 e. The van der Waals surface area contributed by atoms with Gasteiger partial charge in [0.2, 0.25) is 0 Å². The average Bonchev–Trinajstić information content (AvgIpc) is 2.75. The number of hydrogen-bond donors (Lipinski definition) is 1. The topological polar surface area (TPSA) is 29.5 Å². The fraction of sp³-hybridized carbons (Fsp3) is 1.00. The molecule has 0 aromatic rings. The maximum atomic E-state index is 11.2. The lowest BCUT2D eigenvalue weighted by Crippen LogP contribution is -2.52. The Balaban J connectivity index is 1.93. The Kier molecular flexibility index (Phi) is 3.26. The van der Waals surface area contributed by atoms with E-state index < -0.39 is 5.60 Å². The van der Waals surface area contributed by atoms with Crippen molar-refractivity contribution in [3.8, 4) is 0 Å². The first kappa shape index (κ1) is 13.9. The molecule has 2 heteroatoms.